The number of aryl methyl sites for hydroxylation is 2. The van der Waals surface area contributed by atoms with Crippen molar-refractivity contribution in [2.45, 2.75) is 38.1 Å². The van der Waals surface area contributed by atoms with E-state index in [-0.39, 0.29) is 10.9 Å². The molecule has 120 valence electrons. The number of hydrogen-bond donors (Lipinski definition) is 1. The summed E-state index contributed by atoms with van der Waals surface area (Å²) in [5.74, 6) is 0.727. The van der Waals surface area contributed by atoms with Crippen LogP contribution in [0.1, 0.15) is 22.9 Å². The largest absolute Gasteiger partial charge is 0.496 e. The van der Waals surface area contributed by atoms with Crippen LogP contribution < -0.4 is 9.46 Å². The van der Waals surface area contributed by atoms with Gasteiger partial charge in [0.05, 0.1) is 12.0 Å². The van der Waals surface area contributed by atoms with Gasteiger partial charge in [0.25, 0.3) is 0 Å². The maximum atomic E-state index is 12.5. The number of benzene rings is 1. The molecule has 0 aliphatic rings. The third-order valence-corrected chi connectivity index (χ3v) is 5.86. The molecule has 0 aliphatic heterocycles. The molecular formula is C16H21NO3S2. The molecule has 1 heterocycles. The molecule has 22 heavy (non-hydrogen) atoms. The monoisotopic (exact) mass is 339 g/mol. The van der Waals surface area contributed by atoms with E-state index < -0.39 is 10.0 Å². The molecule has 1 aromatic heterocycles. The SMILES string of the molecule is COc1c(C)cc(S(=O)(=O)NC(C)Cc2cccs2)cc1C. The third kappa shape index (κ3) is 3.88. The normalized spacial score (nSPS) is 13.1. The van der Waals surface area contributed by atoms with Crippen LogP contribution >= 0.6 is 11.3 Å². The van der Waals surface area contributed by atoms with Crippen molar-refractivity contribution in [2.24, 2.45) is 0 Å². The molecule has 1 atom stereocenters. The highest BCUT2D eigenvalue weighted by Crippen LogP contribution is 2.26. The molecule has 0 amide bonds. The molecule has 1 N–H and O–H groups in total. The minimum atomic E-state index is -3.53. The van der Waals surface area contributed by atoms with E-state index in [9.17, 15) is 8.42 Å². The summed E-state index contributed by atoms with van der Waals surface area (Å²) in [6.45, 7) is 5.57. The van der Waals surface area contributed by atoms with Crippen molar-refractivity contribution >= 4 is 21.4 Å². The summed E-state index contributed by atoms with van der Waals surface area (Å²) in [5.41, 5.74) is 1.63. The molecule has 2 aromatic rings. The van der Waals surface area contributed by atoms with Gasteiger partial charge in [0, 0.05) is 10.9 Å². The summed E-state index contributed by atoms with van der Waals surface area (Å²) in [4.78, 5) is 1.44. The van der Waals surface area contributed by atoms with Crippen molar-refractivity contribution in [2.75, 3.05) is 7.11 Å². The van der Waals surface area contributed by atoms with Crippen LogP contribution in [0.15, 0.2) is 34.5 Å². The Morgan fingerprint density at radius 1 is 1.27 bits per heavy atom. The van der Waals surface area contributed by atoms with Gasteiger partial charge in [-0.05, 0) is 61.9 Å². The Kier molecular flexibility index (Phi) is 5.26. The standard InChI is InChI=1S/C16H21NO3S2/c1-11-8-15(9-12(2)16(11)20-4)22(18,19)17-13(3)10-14-6-5-7-21-14/h5-9,13,17H,10H2,1-4H3. The molecule has 0 fully saturated rings. The van der Waals surface area contributed by atoms with E-state index in [1.807, 2.05) is 38.3 Å². The number of nitrogens with one attached hydrogen (secondary N) is 1. The first-order valence-corrected chi connectivity index (χ1v) is 9.39. The molecule has 2 rings (SSSR count). The van der Waals surface area contributed by atoms with Crippen LogP contribution in [0.3, 0.4) is 0 Å². The van der Waals surface area contributed by atoms with Gasteiger partial charge in [-0.15, -0.1) is 11.3 Å². The minimum Gasteiger partial charge on any atom is -0.496 e. The van der Waals surface area contributed by atoms with Gasteiger partial charge in [0.15, 0.2) is 0 Å². The highest BCUT2D eigenvalue weighted by Gasteiger charge is 2.20. The molecule has 1 aromatic carbocycles. The predicted octanol–water partition coefficient (Wildman–Crippen LogP) is 3.28. The number of hydrogen-bond acceptors (Lipinski definition) is 4. The van der Waals surface area contributed by atoms with Crippen LogP contribution in [0.5, 0.6) is 5.75 Å². The smallest absolute Gasteiger partial charge is 0.240 e. The fraction of sp³-hybridized carbons (Fsp3) is 0.375. The Labute approximate surface area is 136 Å². The fourth-order valence-electron chi connectivity index (χ4n) is 2.49. The van der Waals surface area contributed by atoms with Gasteiger partial charge in [0.2, 0.25) is 10.0 Å². The summed E-state index contributed by atoms with van der Waals surface area (Å²) in [5, 5.41) is 1.99. The van der Waals surface area contributed by atoms with Crippen molar-refractivity contribution in [1.82, 2.24) is 4.72 Å². The molecule has 0 radical (unpaired) electrons. The minimum absolute atomic E-state index is 0.161. The lowest BCUT2D eigenvalue weighted by atomic mass is 10.1. The first-order valence-electron chi connectivity index (χ1n) is 7.03. The van der Waals surface area contributed by atoms with E-state index in [1.165, 1.54) is 0 Å². The van der Waals surface area contributed by atoms with Gasteiger partial charge in [-0.25, -0.2) is 13.1 Å². The molecule has 1 unspecified atom stereocenters. The average molecular weight is 339 g/mol. The zero-order chi connectivity index (χ0) is 16.3. The molecular weight excluding hydrogens is 318 g/mol. The lowest BCUT2D eigenvalue weighted by Gasteiger charge is -2.16. The van der Waals surface area contributed by atoms with E-state index >= 15 is 0 Å². The number of sulfonamides is 1. The van der Waals surface area contributed by atoms with Crippen molar-refractivity contribution in [1.29, 1.82) is 0 Å². The van der Waals surface area contributed by atoms with Crippen LogP contribution in [0.25, 0.3) is 0 Å². The predicted molar refractivity (Wildman–Crippen MR) is 90.3 cm³/mol. The maximum absolute atomic E-state index is 12.5. The molecule has 0 aliphatic carbocycles. The van der Waals surface area contributed by atoms with Gasteiger partial charge in [-0.3, -0.25) is 0 Å². The van der Waals surface area contributed by atoms with Crippen LogP contribution in [0.4, 0.5) is 0 Å². The zero-order valence-corrected chi connectivity index (χ0v) is 14.8. The number of methoxy groups -OCH3 is 1. The summed E-state index contributed by atoms with van der Waals surface area (Å²) in [7, 11) is -1.95. The number of ether oxygens (including phenoxy) is 1. The van der Waals surface area contributed by atoms with E-state index in [0.717, 1.165) is 21.8 Å². The van der Waals surface area contributed by atoms with Crippen LogP contribution in [-0.2, 0) is 16.4 Å². The van der Waals surface area contributed by atoms with Crippen LogP contribution in [0, 0.1) is 13.8 Å². The Morgan fingerprint density at radius 2 is 1.91 bits per heavy atom. The van der Waals surface area contributed by atoms with Gasteiger partial charge < -0.3 is 4.74 Å². The van der Waals surface area contributed by atoms with E-state index in [4.69, 9.17) is 4.74 Å². The Morgan fingerprint density at radius 3 is 2.41 bits per heavy atom. The first kappa shape index (κ1) is 17.0. The lowest BCUT2D eigenvalue weighted by molar-refractivity contribution is 0.408. The second-order valence-corrected chi connectivity index (χ2v) is 8.14. The van der Waals surface area contributed by atoms with E-state index in [2.05, 4.69) is 4.72 Å². The summed E-state index contributed by atoms with van der Waals surface area (Å²) >= 11 is 1.63. The van der Waals surface area contributed by atoms with Crippen molar-refractivity contribution in [3.05, 3.63) is 45.6 Å². The second kappa shape index (κ2) is 6.81. The number of thiophene rings is 1. The average Bonchev–Trinajstić information content (AvgIpc) is 2.90. The topological polar surface area (TPSA) is 55.4 Å². The van der Waals surface area contributed by atoms with Gasteiger partial charge >= 0.3 is 0 Å². The molecule has 0 spiro atoms. The summed E-state index contributed by atoms with van der Waals surface area (Å²) in [6, 6.07) is 7.11. The molecule has 6 heteroatoms. The van der Waals surface area contributed by atoms with E-state index in [1.54, 1.807) is 30.6 Å². The third-order valence-electron chi connectivity index (χ3n) is 3.39. The highest BCUT2D eigenvalue weighted by atomic mass is 32.2. The van der Waals surface area contributed by atoms with E-state index in [0.29, 0.717) is 6.42 Å². The van der Waals surface area contributed by atoms with Gasteiger partial charge in [-0.1, -0.05) is 6.07 Å². The van der Waals surface area contributed by atoms with Crippen LogP contribution in [0.2, 0.25) is 0 Å². The first-order chi connectivity index (χ1) is 10.3. The Bertz CT molecular complexity index is 714. The van der Waals surface area contributed by atoms with Crippen molar-refractivity contribution < 1.29 is 13.2 Å². The summed E-state index contributed by atoms with van der Waals surface area (Å²) in [6.07, 6.45) is 0.686. The Hall–Kier alpha value is -1.37. The van der Waals surface area contributed by atoms with Crippen molar-refractivity contribution in [3.8, 4) is 5.75 Å². The quantitative estimate of drug-likeness (QED) is 0.879. The zero-order valence-electron chi connectivity index (χ0n) is 13.2. The number of rotatable bonds is 6. The maximum Gasteiger partial charge on any atom is 0.240 e. The van der Waals surface area contributed by atoms with Crippen LogP contribution in [-0.4, -0.2) is 21.6 Å². The molecule has 0 saturated carbocycles. The molecule has 0 bridgehead atoms. The highest BCUT2D eigenvalue weighted by molar-refractivity contribution is 7.89. The Balaban J connectivity index is 2.19. The van der Waals surface area contributed by atoms with Crippen molar-refractivity contribution in [3.63, 3.8) is 0 Å². The molecule has 0 saturated heterocycles. The fourth-order valence-corrected chi connectivity index (χ4v) is 4.74. The van der Waals surface area contributed by atoms with Gasteiger partial charge in [0.1, 0.15) is 5.75 Å². The lowest BCUT2D eigenvalue weighted by Crippen LogP contribution is -2.34. The summed E-state index contributed by atoms with van der Waals surface area (Å²) < 4.78 is 33.1. The second-order valence-electron chi connectivity index (χ2n) is 5.40. The van der Waals surface area contributed by atoms with Gasteiger partial charge in [-0.2, -0.15) is 0 Å². The molecule has 4 nitrogen and oxygen atoms in total.